The number of hydrogen-bond acceptors (Lipinski definition) is 7. The number of nitrogens with one attached hydrogen (secondary N) is 2. The molecule has 2 aliphatic heterocycles. The highest BCUT2D eigenvalue weighted by atomic mass is 16.7. The summed E-state index contributed by atoms with van der Waals surface area (Å²) < 4.78 is 21.5. The van der Waals surface area contributed by atoms with Gasteiger partial charge in [-0.1, -0.05) is 6.07 Å². The molecule has 1 atom stereocenters. The second-order valence-electron chi connectivity index (χ2n) is 7.02. The van der Waals surface area contributed by atoms with Crippen LogP contribution in [0.2, 0.25) is 0 Å². The van der Waals surface area contributed by atoms with E-state index in [2.05, 4.69) is 10.6 Å². The summed E-state index contributed by atoms with van der Waals surface area (Å²) in [6.07, 6.45) is 1.50. The van der Waals surface area contributed by atoms with Crippen LogP contribution in [0, 0.1) is 0 Å². The summed E-state index contributed by atoms with van der Waals surface area (Å²) in [6.45, 7) is 3.08. The van der Waals surface area contributed by atoms with Gasteiger partial charge in [0, 0.05) is 18.8 Å². The molecule has 0 saturated carbocycles. The minimum Gasteiger partial charge on any atom is -0.467 e. The molecule has 0 bridgehead atoms. The summed E-state index contributed by atoms with van der Waals surface area (Å²) >= 11 is 0. The molecule has 0 aliphatic carbocycles. The van der Waals surface area contributed by atoms with Gasteiger partial charge < -0.3 is 29.3 Å². The van der Waals surface area contributed by atoms with Crippen molar-refractivity contribution < 1.29 is 28.2 Å². The lowest BCUT2D eigenvalue weighted by Gasteiger charge is -2.30. The maximum absolute atomic E-state index is 12.7. The minimum atomic E-state index is -0.721. The van der Waals surface area contributed by atoms with E-state index in [9.17, 15) is 9.59 Å². The average Bonchev–Trinajstić information content (AvgIpc) is 3.39. The number of carbonyl (C=O) groups excluding carboxylic acids is 2. The van der Waals surface area contributed by atoms with Gasteiger partial charge in [0.2, 0.25) is 6.79 Å². The molecule has 1 unspecified atom stereocenters. The Morgan fingerprint density at radius 3 is 2.83 bits per heavy atom. The predicted molar refractivity (Wildman–Crippen MR) is 106 cm³/mol. The molecular weight excluding hydrogens is 390 g/mol. The first-order chi connectivity index (χ1) is 14.5. The number of nitrogens with zero attached hydrogens (tertiary/aromatic N) is 1. The molecule has 0 fully saturated rings. The van der Waals surface area contributed by atoms with Gasteiger partial charge >= 0.3 is 12.0 Å². The monoisotopic (exact) mass is 413 g/mol. The van der Waals surface area contributed by atoms with Gasteiger partial charge in [-0.15, -0.1) is 0 Å². The fourth-order valence-electron chi connectivity index (χ4n) is 3.54. The van der Waals surface area contributed by atoms with E-state index in [0.29, 0.717) is 35.9 Å². The van der Waals surface area contributed by atoms with Crippen molar-refractivity contribution in [1.82, 2.24) is 15.5 Å². The lowest BCUT2D eigenvalue weighted by molar-refractivity contribution is -0.139. The van der Waals surface area contributed by atoms with E-state index in [1.807, 2.05) is 30.1 Å². The quantitative estimate of drug-likeness (QED) is 0.672. The Kier molecular flexibility index (Phi) is 5.62. The van der Waals surface area contributed by atoms with Crippen molar-refractivity contribution in [2.45, 2.75) is 19.5 Å². The molecule has 2 N–H and O–H groups in total. The molecule has 2 amide bonds. The maximum atomic E-state index is 12.7. The number of carbonyl (C=O) groups is 2. The van der Waals surface area contributed by atoms with Gasteiger partial charge in [0.05, 0.1) is 18.4 Å². The number of fused-ring (bicyclic) bond motifs is 1. The zero-order valence-electron chi connectivity index (χ0n) is 16.8. The molecule has 0 saturated heterocycles. The Morgan fingerprint density at radius 2 is 2.07 bits per heavy atom. The molecule has 2 aliphatic rings. The van der Waals surface area contributed by atoms with Gasteiger partial charge in [-0.25, -0.2) is 9.59 Å². The van der Waals surface area contributed by atoms with E-state index < -0.39 is 18.0 Å². The van der Waals surface area contributed by atoms with Gasteiger partial charge in [0.25, 0.3) is 0 Å². The summed E-state index contributed by atoms with van der Waals surface area (Å²) in [4.78, 5) is 27.0. The van der Waals surface area contributed by atoms with Crippen LogP contribution in [0.3, 0.4) is 0 Å². The fraction of sp³-hybridized carbons (Fsp3) is 0.333. The lowest BCUT2D eigenvalue weighted by atomic mass is 10.00. The summed E-state index contributed by atoms with van der Waals surface area (Å²) in [5.41, 5.74) is 1.81. The van der Waals surface area contributed by atoms with Crippen LogP contribution in [0.4, 0.5) is 4.79 Å². The van der Waals surface area contributed by atoms with Crippen molar-refractivity contribution in [2.24, 2.45) is 0 Å². The highest BCUT2D eigenvalue weighted by Gasteiger charge is 2.35. The second-order valence-corrected chi connectivity index (χ2v) is 7.02. The second kappa shape index (κ2) is 8.50. The Bertz CT molecular complexity index is 969. The summed E-state index contributed by atoms with van der Waals surface area (Å²) in [5.74, 6) is 1.39. The average molecular weight is 413 g/mol. The predicted octanol–water partition coefficient (Wildman–Crippen LogP) is 2.31. The van der Waals surface area contributed by atoms with Gasteiger partial charge in [0.1, 0.15) is 11.8 Å². The Balaban J connectivity index is 1.58. The number of urea groups is 1. The Morgan fingerprint density at radius 1 is 1.23 bits per heavy atom. The number of benzene rings is 1. The fourth-order valence-corrected chi connectivity index (χ4v) is 3.54. The molecule has 0 radical (unpaired) electrons. The van der Waals surface area contributed by atoms with E-state index in [4.69, 9.17) is 18.6 Å². The molecule has 1 aromatic carbocycles. The number of furan rings is 1. The van der Waals surface area contributed by atoms with Crippen LogP contribution in [0.25, 0.3) is 0 Å². The van der Waals surface area contributed by atoms with E-state index in [-0.39, 0.29) is 13.4 Å². The largest absolute Gasteiger partial charge is 0.467 e. The van der Waals surface area contributed by atoms with E-state index >= 15 is 0 Å². The number of ether oxygens (including phenoxy) is 3. The summed E-state index contributed by atoms with van der Waals surface area (Å²) in [6, 6.07) is 8.04. The Hall–Kier alpha value is -3.46. The molecule has 0 spiro atoms. The number of amides is 2. The van der Waals surface area contributed by atoms with Crippen molar-refractivity contribution in [3.8, 4) is 11.5 Å². The van der Waals surface area contributed by atoms with Crippen LogP contribution < -0.4 is 20.1 Å². The number of esters is 1. The van der Waals surface area contributed by atoms with Gasteiger partial charge in [-0.2, -0.15) is 0 Å². The van der Waals surface area contributed by atoms with Gasteiger partial charge in [-0.05, 0) is 43.8 Å². The normalized spacial score (nSPS) is 17.7. The van der Waals surface area contributed by atoms with Crippen molar-refractivity contribution in [1.29, 1.82) is 0 Å². The summed E-state index contributed by atoms with van der Waals surface area (Å²) in [7, 11) is 1.90. The van der Waals surface area contributed by atoms with Gasteiger partial charge in [-0.3, -0.25) is 4.90 Å². The maximum Gasteiger partial charge on any atom is 0.338 e. The highest BCUT2D eigenvalue weighted by Crippen LogP contribution is 2.33. The smallest absolute Gasteiger partial charge is 0.338 e. The van der Waals surface area contributed by atoms with Crippen LogP contribution in [0.15, 0.2) is 52.3 Å². The molecular formula is C21H23N3O6. The first kappa shape index (κ1) is 19.8. The topological polar surface area (TPSA) is 102 Å². The van der Waals surface area contributed by atoms with E-state index in [0.717, 1.165) is 11.3 Å². The molecule has 30 heavy (non-hydrogen) atoms. The number of hydrogen-bond donors (Lipinski definition) is 2. The third-order valence-corrected chi connectivity index (χ3v) is 4.79. The molecule has 1 aromatic heterocycles. The molecule has 9 nitrogen and oxygen atoms in total. The van der Waals surface area contributed by atoms with Crippen molar-refractivity contribution >= 4 is 12.0 Å². The van der Waals surface area contributed by atoms with Crippen LogP contribution >= 0.6 is 0 Å². The first-order valence-corrected chi connectivity index (χ1v) is 9.63. The SMILES string of the molecule is CCOC(=O)C1=C(CN(C)Cc2ccc3c(c2)OCO3)NC(=O)NC1c1ccco1. The first-order valence-electron chi connectivity index (χ1n) is 9.63. The highest BCUT2D eigenvalue weighted by molar-refractivity contribution is 5.95. The van der Waals surface area contributed by atoms with E-state index in [1.165, 1.54) is 6.26 Å². The molecule has 9 heteroatoms. The van der Waals surface area contributed by atoms with Crippen LogP contribution in [-0.2, 0) is 16.1 Å². The molecule has 3 heterocycles. The zero-order valence-corrected chi connectivity index (χ0v) is 16.8. The summed E-state index contributed by atoms with van der Waals surface area (Å²) in [5, 5.41) is 5.49. The number of likely N-dealkylation sites (N-methyl/N-ethyl adjacent to an activating group) is 1. The third kappa shape index (κ3) is 4.11. The third-order valence-electron chi connectivity index (χ3n) is 4.79. The molecule has 158 valence electrons. The lowest BCUT2D eigenvalue weighted by Crippen LogP contribution is -2.48. The van der Waals surface area contributed by atoms with Crippen LogP contribution in [-0.4, -0.2) is 43.9 Å². The molecule has 2 aromatic rings. The van der Waals surface area contributed by atoms with Crippen molar-refractivity contribution in [3.63, 3.8) is 0 Å². The molecule has 4 rings (SSSR count). The van der Waals surface area contributed by atoms with Crippen molar-refractivity contribution in [2.75, 3.05) is 27.0 Å². The van der Waals surface area contributed by atoms with Gasteiger partial charge in [0.15, 0.2) is 11.5 Å². The Labute approximate surface area is 173 Å². The zero-order chi connectivity index (χ0) is 21.1. The van der Waals surface area contributed by atoms with Crippen LogP contribution in [0.5, 0.6) is 11.5 Å². The van der Waals surface area contributed by atoms with Crippen LogP contribution in [0.1, 0.15) is 24.3 Å². The van der Waals surface area contributed by atoms with E-state index in [1.54, 1.807) is 19.1 Å². The minimum absolute atomic E-state index is 0.220. The number of rotatable bonds is 7. The van der Waals surface area contributed by atoms with Crippen molar-refractivity contribution in [3.05, 3.63) is 59.2 Å². The standard InChI is InChI=1S/C21H23N3O6/c1-3-27-20(25)18-14(22-21(26)23-19(18)16-5-4-8-28-16)11-24(2)10-13-6-7-15-17(9-13)30-12-29-15/h4-9,19H,3,10-12H2,1-2H3,(H2,22,23,26).